The second-order valence-electron chi connectivity index (χ2n) is 10.3. The summed E-state index contributed by atoms with van der Waals surface area (Å²) in [6.07, 6.45) is 0. The first-order valence-electron chi connectivity index (χ1n) is 14.4. The number of phenolic OH excluding ortho intramolecular Hbond substituents is 1. The van der Waals surface area contributed by atoms with Crippen LogP contribution in [0.4, 0.5) is 28.4 Å². The molecule has 4 rings (SSSR count). The van der Waals surface area contributed by atoms with E-state index >= 15 is 0 Å². The molecule has 4 aromatic rings. The Morgan fingerprint density at radius 1 is 0.679 bits per heavy atom. The van der Waals surface area contributed by atoms with Gasteiger partial charge in [0, 0.05) is 0 Å². The van der Waals surface area contributed by atoms with E-state index in [1.54, 1.807) is 0 Å². The van der Waals surface area contributed by atoms with E-state index in [4.69, 9.17) is 25.0 Å². The van der Waals surface area contributed by atoms with Gasteiger partial charge in [-0.3, -0.25) is 13.3 Å². The van der Waals surface area contributed by atoms with Crippen molar-refractivity contribution < 1.29 is 85.5 Å². The molecule has 56 heavy (non-hydrogen) atoms. The van der Waals surface area contributed by atoms with Gasteiger partial charge in [-0.1, -0.05) is 10.1 Å². The van der Waals surface area contributed by atoms with E-state index in [0.29, 0.717) is 12.0 Å². The fourth-order valence-corrected chi connectivity index (χ4v) is 8.44. The van der Waals surface area contributed by atoms with Crippen LogP contribution in [0, 0.1) is 0 Å². The van der Waals surface area contributed by atoms with Gasteiger partial charge in [-0.2, -0.15) is 27.1 Å². The van der Waals surface area contributed by atoms with Crippen LogP contribution < -0.4 is 5.73 Å². The van der Waals surface area contributed by atoms with Crippen LogP contribution in [-0.4, -0.2) is 83.1 Å². The van der Waals surface area contributed by atoms with Gasteiger partial charge >= 0.3 is 10.4 Å². The van der Waals surface area contributed by atoms with Gasteiger partial charge in [0.1, 0.15) is 16.3 Å². The van der Waals surface area contributed by atoms with Gasteiger partial charge in [-0.15, -0.1) is 18.9 Å². The monoisotopic (exact) mass is 903 g/mol. The topological polar surface area (TPSA) is 369 Å². The van der Waals surface area contributed by atoms with Crippen molar-refractivity contribution in [1.82, 2.24) is 0 Å². The predicted molar refractivity (Wildman–Crippen MR) is 192 cm³/mol. The minimum atomic E-state index is -5.14. The molecular formula is C26H25N5O19S6. The Kier molecular flexibility index (Phi) is 15.2. The fourth-order valence-electron chi connectivity index (χ4n) is 4.37. The van der Waals surface area contributed by atoms with Gasteiger partial charge in [-0.25, -0.2) is 31.5 Å². The van der Waals surface area contributed by atoms with Gasteiger partial charge in [-0.05, 0) is 66.0 Å². The lowest BCUT2D eigenvalue weighted by atomic mass is 10.1. The van der Waals surface area contributed by atoms with Crippen molar-refractivity contribution in [2.45, 2.75) is 19.6 Å². The summed E-state index contributed by atoms with van der Waals surface area (Å²) in [6.45, 7) is -1.21. The minimum absolute atomic E-state index is 0.0877. The Morgan fingerprint density at radius 2 is 1.20 bits per heavy atom. The lowest BCUT2D eigenvalue weighted by molar-refractivity contribution is -0.434. The van der Waals surface area contributed by atoms with Gasteiger partial charge in [0.05, 0.1) is 73.9 Å². The van der Waals surface area contributed by atoms with Gasteiger partial charge in [0.2, 0.25) is 0 Å². The van der Waals surface area contributed by atoms with Crippen LogP contribution in [0.2, 0.25) is 0 Å². The van der Waals surface area contributed by atoms with Crippen molar-refractivity contribution in [2.75, 3.05) is 30.5 Å². The summed E-state index contributed by atoms with van der Waals surface area (Å²) in [4.78, 5) is -1.48. The number of sulfone groups is 2. The molecule has 30 heteroatoms. The second-order valence-corrected chi connectivity index (χ2v) is 18.3. The smallest absolute Gasteiger partial charge is 0.397 e. The molecular weight excluding hydrogens is 879 g/mol. The number of phenols is 1. The number of nitrogens with zero attached hydrogens (tertiary/aromatic N) is 4. The van der Waals surface area contributed by atoms with E-state index in [1.165, 1.54) is 24.3 Å². The van der Waals surface area contributed by atoms with Crippen molar-refractivity contribution in [3.8, 4) is 5.75 Å². The molecule has 304 valence electrons. The van der Waals surface area contributed by atoms with Crippen LogP contribution >= 0.6 is 24.4 Å². The SMILES string of the molecule is Nc1c(N=Nc2ccc(S(=O)(=O)CCOSOOO)cc2)c(SOOO)cc2cc(S(=O)(=O)O)c(N=Nc3ccc(S(=O)(=O)CCOS(=O)(=O)O)cc3)c(O)c12. The standard InChI is InChI=1S/C26H25N5O19S6/c27-23-22-15(13-20(51-49-47-33)24(23)30-28-16-1-5-18(6-2-16)53(35,36)11-9-45-52-50-48-34)14-21(55(39,40)41)25(26(22)32)31-29-17-3-7-19(8-4-17)54(37,38)12-10-46-56(42,43)44/h1-8,13-14,32-34H,9-12,27H2,(H,39,40,41)(H,42,43,44). The molecule has 0 heterocycles. The Labute approximate surface area is 324 Å². The van der Waals surface area contributed by atoms with Gasteiger partial charge in [0.15, 0.2) is 37.7 Å². The maximum atomic E-state index is 12.6. The van der Waals surface area contributed by atoms with Crippen molar-refractivity contribution in [2.24, 2.45) is 20.5 Å². The number of anilines is 1. The molecule has 0 fully saturated rings. The molecule has 0 atom stereocenters. The van der Waals surface area contributed by atoms with Crippen LogP contribution in [0.25, 0.3) is 10.8 Å². The number of fused-ring (bicyclic) bond motifs is 1. The highest BCUT2D eigenvalue weighted by atomic mass is 32.3. The second kappa shape index (κ2) is 19.0. The summed E-state index contributed by atoms with van der Waals surface area (Å²) < 4.78 is 132. The number of benzene rings is 4. The van der Waals surface area contributed by atoms with Crippen LogP contribution in [-0.2, 0) is 67.3 Å². The first-order chi connectivity index (χ1) is 26.3. The van der Waals surface area contributed by atoms with Crippen LogP contribution in [0.15, 0.2) is 101 Å². The van der Waals surface area contributed by atoms with E-state index in [2.05, 4.69) is 43.4 Å². The average molecular weight is 904 g/mol. The number of aromatic hydroxyl groups is 1. The Morgan fingerprint density at radius 3 is 1.70 bits per heavy atom. The van der Waals surface area contributed by atoms with E-state index in [0.717, 1.165) is 36.4 Å². The molecule has 0 amide bonds. The third kappa shape index (κ3) is 12.0. The van der Waals surface area contributed by atoms with E-state index < -0.39 is 74.6 Å². The molecule has 0 aliphatic carbocycles. The Hall–Kier alpha value is -3.96. The average Bonchev–Trinajstić information content (AvgIpc) is 3.12. The largest absolute Gasteiger partial charge is 0.505 e. The third-order valence-electron chi connectivity index (χ3n) is 6.80. The third-order valence-corrected chi connectivity index (χ3v) is 12.5. The van der Waals surface area contributed by atoms with Gasteiger partial charge in [0.25, 0.3) is 10.1 Å². The van der Waals surface area contributed by atoms with E-state index in [1.807, 2.05) is 0 Å². The molecule has 7 N–H and O–H groups in total. The van der Waals surface area contributed by atoms with Crippen LogP contribution in [0.1, 0.15) is 0 Å². The highest BCUT2D eigenvalue weighted by Crippen LogP contribution is 2.49. The lowest BCUT2D eigenvalue weighted by Gasteiger charge is -2.14. The maximum absolute atomic E-state index is 12.6. The summed E-state index contributed by atoms with van der Waals surface area (Å²) >= 11 is 0.520. The summed E-state index contributed by atoms with van der Waals surface area (Å²) in [5.74, 6) is -2.24. The molecule has 0 aliphatic rings. The summed E-state index contributed by atoms with van der Waals surface area (Å²) in [6, 6.07) is 11.3. The fraction of sp³-hybridized carbons (Fsp3) is 0.154. The van der Waals surface area contributed by atoms with Crippen molar-refractivity contribution in [3.05, 3.63) is 60.7 Å². The number of nitrogens with two attached hydrogens (primary N) is 1. The first-order valence-corrected chi connectivity index (χ1v) is 21.9. The molecule has 4 aromatic carbocycles. The van der Waals surface area contributed by atoms with Crippen molar-refractivity contribution in [3.63, 3.8) is 0 Å². The molecule has 0 radical (unpaired) electrons. The lowest BCUT2D eigenvalue weighted by Crippen LogP contribution is -2.15. The molecule has 0 saturated heterocycles. The number of azo groups is 2. The zero-order chi connectivity index (χ0) is 41.3. The van der Waals surface area contributed by atoms with Crippen molar-refractivity contribution in [1.29, 1.82) is 0 Å². The van der Waals surface area contributed by atoms with Gasteiger partial charge < -0.3 is 10.8 Å². The molecule has 0 aliphatic heterocycles. The van der Waals surface area contributed by atoms with E-state index in [9.17, 15) is 43.3 Å². The summed E-state index contributed by atoms with van der Waals surface area (Å²) in [5.41, 5.74) is 4.90. The maximum Gasteiger partial charge on any atom is 0.397 e. The molecule has 0 spiro atoms. The number of nitrogen functional groups attached to an aromatic ring is 1. The number of rotatable bonds is 20. The Bertz CT molecular complexity index is 2560. The molecule has 0 saturated carbocycles. The number of hydrogen-bond acceptors (Lipinski definition) is 24. The summed E-state index contributed by atoms with van der Waals surface area (Å²) in [7, 11) is -18.0. The Balaban J connectivity index is 1.71. The summed E-state index contributed by atoms with van der Waals surface area (Å²) in [5, 5.41) is 50.3. The molecule has 0 aromatic heterocycles. The van der Waals surface area contributed by atoms with E-state index in [-0.39, 0.29) is 67.1 Å². The zero-order valence-electron chi connectivity index (χ0n) is 27.4. The molecule has 0 unspecified atom stereocenters. The normalized spacial score (nSPS) is 13.0. The number of hydrogen-bond donors (Lipinski definition) is 6. The van der Waals surface area contributed by atoms with Crippen molar-refractivity contribution >= 4 is 104 Å². The highest BCUT2D eigenvalue weighted by Gasteiger charge is 2.26. The predicted octanol–water partition coefficient (Wildman–Crippen LogP) is 5.00. The first kappa shape index (κ1) is 44.8. The highest BCUT2D eigenvalue weighted by molar-refractivity contribution is 7.94. The minimum Gasteiger partial charge on any atom is -0.505 e. The van der Waals surface area contributed by atoms with Crippen LogP contribution in [0.5, 0.6) is 5.75 Å². The molecule has 0 bridgehead atoms. The van der Waals surface area contributed by atoms with Crippen LogP contribution in [0.3, 0.4) is 0 Å². The molecule has 24 nitrogen and oxygen atoms in total. The zero-order valence-corrected chi connectivity index (χ0v) is 32.3. The quantitative estimate of drug-likeness (QED) is 0.0129.